The summed E-state index contributed by atoms with van der Waals surface area (Å²) in [6.45, 7) is 4.12. The second-order valence-electron chi connectivity index (χ2n) is 3.03. The van der Waals surface area contributed by atoms with Crippen molar-refractivity contribution >= 4 is 5.78 Å². The van der Waals surface area contributed by atoms with Gasteiger partial charge in [-0.25, -0.2) is 0 Å². The van der Waals surface area contributed by atoms with Gasteiger partial charge in [0, 0.05) is 17.7 Å². The molecule has 0 radical (unpaired) electrons. The molecule has 0 heterocycles. The summed E-state index contributed by atoms with van der Waals surface area (Å²) in [5.74, 6) is 0.939. The molecule has 0 atom stereocenters. The summed E-state index contributed by atoms with van der Waals surface area (Å²) < 4.78 is 5.32. The molecule has 3 heteroatoms. The van der Waals surface area contributed by atoms with Crippen molar-refractivity contribution in [2.24, 2.45) is 5.73 Å². The van der Waals surface area contributed by atoms with E-state index in [1.807, 2.05) is 6.92 Å². The Morgan fingerprint density at radius 3 is 2.77 bits per heavy atom. The zero-order valence-corrected chi connectivity index (χ0v) is 8.09. The highest BCUT2D eigenvalue weighted by Crippen LogP contribution is 2.22. The van der Waals surface area contributed by atoms with Crippen LogP contribution >= 0.6 is 0 Å². The highest BCUT2D eigenvalue weighted by Gasteiger charge is 2.14. The molecule has 0 aromatic heterocycles. The maximum Gasteiger partial charge on any atom is 0.157 e. The molecule has 72 valence electrons. The Morgan fingerprint density at radius 2 is 2.31 bits per heavy atom. The molecule has 1 aliphatic rings. The maximum atomic E-state index is 11.1. The number of hydrogen-bond acceptors (Lipinski definition) is 3. The number of ether oxygens (including phenoxy) is 1. The minimum Gasteiger partial charge on any atom is -0.498 e. The van der Waals surface area contributed by atoms with Crippen LogP contribution in [-0.4, -0.2) is 12.4 Å². The monoisotopic (exact) mass is 181 g/mol. The molecule has 0 spiro atoms. The van der Waals surface area contributed by atoms with Crippen molar-refractivity contribution in [3.05, 3.63) is 23.1 Å². The van der Waals surface area contributed by atoms with Gasteiger partial charge in [0.1, 0.15) is 0 Å². The first kappa shape index (κ1) is 9.84. The molecule has 0 aliphatic heterocycles. The largest absolute Gasteiger partial charge is 0.498 e. The molecule has 0 unspecified atom stereocenters. The van der Waals surface area contributed by atoms with Gasteiger partial charge in [-0.1, -0.05) is 0 Å². The van der Waals surface area contributed by atoms with Crippen LogP contribution in [0.4, 0.5) is 0 Å². The Labute approximate surface area is 78.3 Å². The number of Topliss-reactive ketones (excluding diaryl/α,β-unsaturated/α-hetero) is 1. The topological polar surface area (TPSA) is 52.3 Å². The van der Waals surface area contributed by atoms with Crippen LogP contribution in [0.2, 0.25) is 0 Å². The average molecular weight is 181 g/mol. The van der Waals surface area contributed by atoms with Crippen molar-refractivity contribution in [3.8, 4) is 0 Å². The lowest BCUT2D eigenvalue weighted by Gasteiger charge is -2.16. The van der Waals surface area contributed by atoms with Gasteiger partial charge >= 0.3 is 0 Å². The van der Waals surface area contributed by atoms with Crippen LogP contribution in [0.25, 0.3) is 0 Å². The smallest absolute Gasteiger partial charge is 0.157 e. The Kier molecular flexibility index (Phi) is 3.12. The highest BCUT2D eigenvalue weighted by atomic mass is 16.5. The van der Waals surface area contributed by atoms with Crippen molar-refractivity contribution in [1.29, 1.82) is 0 Å². The van der Waals surface area contributed by atoms with Crippen LogP contribution in [0.1, 0.15) is 26.7 Å². The van der Waals surface area contributed by atoms with Gasteiger partial charge in [-0.15, -0.1) is 0 Å². The summed E-state index contributed by atoms with van der Waals surface area (Å²) in [5.41, 5.74) is 6.99. The molecule has 1 rings (SSSR count). The molecule has 0 saturated carbocycles. The normalized spacial score (nSPS) is 16.9. The van der Waals surface area contributed by atoms with E-state index in [1.165, 1.54) is 0 Å². The van der Waals surface area contributed by atoms with Crippen molar-refractivity contribution in [2.75, 3.05) is 6.61 Å². The Bertz CT molecular complexity index is 277. The minimum atomic E-state index is 0.0595. The van der Waals surface area contributed by atoms with Gasteiger partial charge in [0.05, 0.1) is 12.4 Å². The highest BCUT2D eigenvalue weighted by molar-refractivity contribution is 5.94. The Morgan fingerprint density at radius 1 is 1.62 bits per heavy atom. The second kappa shape index (κ2) is 4.12. The van der Waals surface area contributed by atoms with E-state index in [9.17, 15) is 4.79 Å². The van der Waals surface area contributed by atoms with Gasteiger partial charge in [-0.3, -0.25) is 4.79 Å². The molecular weight excluding hydrogens is 166 g/mol. The first-order valence-corrected chi connectivity index (χ1v) is 4.48. The van der Waals surface area contributed by atoms with Crippen LogP contribution in [0.5, 0.6) is 0 Å². The molecule has 13 heavy (non-hydrogen) atoms. The summed E-state index contributed by atoms with van der Waals surface area (Å²) >= 11 is 0. The predicted octanol–water partition coefficient (Wildman–Crippen LogP) is 1.50. The molecule has 1 aliphatic carbocycles. The van der Waals surface area contributed by atoms with Crippen molar-refractivity contribution < 1.29 is 9.53 Å². The number of rotatable bonds is 3. The summed E-state index contributed by atoms with van der Waals surface area (Å²) in [6.07, 6.45) is 3.24. The van der Waals surface area contributed by atoms with Gasteiger partial charge in [-0.2, -0.15) is 0 Å². The maximum absolute atomic E-state index is 11.1. The number of allylic oxidation sites excluding steroid dienone is 3. The van der Waals surface area contributed by atoms with Crippen LogP contribution < -0.4 is 5.73 Å². The minimum absolute atomic E-state index is 0.0595. The number of nitrogens with two attached hydrogens (primary N) is 1. The summed E-state index contributed by atoms with van der Waals surface area (Å²) in [7, 11) is 0. The number of carbonyl (C=O) groups excluding carboxylic acids is 1. The summed E-state index contributed by atoms with van der Waals surface area (Å²) in [6, 6.07) is 0. The van der Waals surface area contributed by atoms with Crippen LogP contribution in [0, 0.1) is 0 Å². The fraction of sp³-hybridized carbons (Fsp3) is 0.500. The third kappa shape index (κ3) is 2.34. The molecule has 0 fully saturated rings. The van der Waals surface area contributed by atoms with Crippen molar-refractivity contribution in [3.63, 3.8) is 0 Å². The number of ketones is 1. The third-order valence-corrected chi connectivity index (χ3v) is 2.04. The molecule has 3 nitrogen and oxygen atoms in total. The van der Waals surface area contributed by atoms with E-state index < -0.39 is 0 Å². The molecule has 0 aromatic rings. The van der Waals surface area contributed by atoms with Crippen LogP contribution in [0.15, 0.2) is 23.1 Å². The first-order valence-electron chi connectivity index (χ1n) is 4.48. The number of carbonyl (C=O) groups is 1. The van der Waals surface area contributed by atoms with Crippen LogP contribution in [0.3, 0.4) is 0 Å². The van der Waals surface area contributed by atoms with Crippen LogP contribution in [-0.2, 0) is 9.53 Å². The van der Waals surface area contributed by atoms with Gasteiger partial charge in [-0.05, 0) is 26.3 Å². The zero-order valence-electron chi connectivity index (χ0n) is 8.09. The number of hydrogen-bond donors (Lipinski definition) is 1. The van der Waals surface area contributed by atoms with Gasteiger partial charge in [0.2, 0.25) is 0 Å². The van der Waals surface area contributed by atoms with E-state index in [-0.39, 0.29) is 5.78 Å². The standard InChI is InChI=1S/C10H15NO2/c1-3-13-8-4-5-9(7(2)12)10(11)6-8/h6H,3-5,11H2,1-2H3. The van der Waals surface area contributed by atoms with E-state index in [0.29, 0.717) is 18.7 Å². The van der Waals surface area contributed by atoms with Gasteiger partial charge in [0.25, 0.3) is 0 Å². The lowest BCUT2D eigenvalue weighted by atomic mass is 9.98. The molecule has 0 aromatic carbocycles. The first-order chi connectivity index (χ1) is 6.15. The summed E-state index contributed by atoms with van der Waals surface area (Å²) in [5, 5.41) is 0. The Hall–Kier alpha value is -1.25. The van der Waals surface area contributed by atoms with Crippen molar-refractivity contribution in [2.45, 2.75) is 26.7 Å². The van der Waals surface area contributed by atoms with Gasteiger partial charge in [0.15, 0.2) is 5.78 Å². The SMILES string of the molecule is CCOC1=CC(N)=C(C(C)=O)CC1. The van der Waals surface area contributed by atoms with E-state index >= 15 is 0 Å². The molecule has 2 N–H and O–H groups in total. The molecular formula is C10H15NO2. The fourth-order valence-corrected chi connectivity index (χ4v) is 1.40. The van der Waals surface area contributed by atoms with E-state index in [2.05, 4.69) is 0 Å². The molecule has 0 bridgehead atoms. The summed E-state index contributed by atoms with van der Waals surface area (Å²) in [4.78, 5) is 11.1. The fourth-order valence-electron chi connectivity index (χ4n) is 1.40. The molecule has 0 amide bonds. The second-order valence-corrected chi connectivity index (χ2v) is 3.03. The zero-order chi connectivity index (χ0) is 9.84. The Balaban J connectivity index is 2.80. The quantitative estimate of drug-likeness (QED) is 0.717. The third-order valence-electron chi connectivity index (χ3n) is 2.04. The lowest BCUT2D eigenvalue weighted by molar-refractivity contribution is -0.113. The van der Waals surface area contributed by atoms with Gasteiger partial charge < -0.3 is 10.5 Å². The van der Waals surface area contributed by atoms with E-state index in [1.54, 1.807) is 13.0 Å². The van der Waals surface area contributed by atoms with E-state index in [4.69, 9.17) is 10.5 Å². The lowest BCUT2D eigenvalue weighted by Crippen LogP contribution is -2.12. The van der Waals surface area contributed by atoms with Crippen molar-refractivity contribution in [1.82, 2.24) is 0 Å². The molecule has 0 saturated heterocycles. The van der Waals surface area contributed by atoms with E-state index in [0.717, 1.165) is 17.8 Å². The average Bonchev–Trinajstić information content (AvgIpc) is 2.04. The predicted molar refractivity (Wildman–Crippen MR) is 50.8 cm³/mol.